The molecule has 0 aliphatic carbocycles. The third-order valence-electron chi connectivity index (χ3n) is 4.79. The molecule has 151 valence electrons. The summed E-state index contributed by atoms with van der Waals surface area (Å²) >= 11 is 0. The second-order valence-electron chi connectivity index (χ2n) is 8.40. The Bertz CT molecular complexity index is 668. The molecule has 1 aromatic carbocycles. The predicted molar refractivity (Wildman–Crippen MR) is 110 cm³/mol. The molecule has 0 saturated carbocycles. The van der Waals surface area contributed by atoms with Gasteiger partial charge >= 0.3 is 5.69 Å². The number of rotatable bonds is 6. The molecule has 1 aromatic rings. The van der Waals surface area contributed by atoms with Gasteiger partial charge in [0, 0.05) is 49.6 Å². The maximum atomic E-state index is 11.6. The van der Waals surface area contributed by atoms with Gasteiger partial charge in [-0.2, -0.15) is 0 Å². The van der Waals surface area contributed by atoms with Gasteiger partial charge in [-0.05, 0) is 25.6 Å². The number of methoxy groups -OCH3 is 1. The van der Waals surface area contributed by atoms with Crippen LogP contribution in [0.1, 0.15) is 32.4 Å². The van der Waals surface area contributed by atoms with E-state index in [1.54, 1.807) is 6.07 Å². The van der Waals surface area contributed by atoms with Gasteiger partial charge in [0.15, 0.2) is 5.75 Å². The lowest BCUT2D eigenvalue weighted by atomic mass is 9.83. The minimum Gasteiger partial charge on any atom is -0.490 e. The van der Waals surface area contributed by atoms with Gasteiger partial charge in [-0.25, -0.2) is 0 Å². The standard InChI is InChI=1S/C19H32N3O4Si/c1-19(2,3)18(26-27(6)7)14-12-16(22(23)24)17(25-5)13-15(14)21-10-8-20(4)9-11-21/h12-13,18H,8-11H2,1-7H3. The van der Waals surface area contributed by atoms with Crippen LogP contribution in [0, 0.1) is 15.5 Å². The minimum absolute atomic E-state index is 0.00999. The first kappa shape index (κ1) is 21.7. The minimum atomic E-state index is -0.994. The zero-order valence-corrected chi connectivity index (χ0v) is 18.5. The van der Waals surface area contributed by atoms with Crippen molar-refractivity contribution in [2.75, 3.05) is 45.2 Å². The number of hydrogen-bond acceptors (Lipinski definition) is 6. The monoisotopic (exact) mass is 394 g/mol. The number of anilines is 1. The Morgan fingerprint density at radius 2 is 1.78 bits per heavy atom. The van der Waals surface area contributed by atoms with E-state index in [-0.39, 0.29) is 22.1 Å². The third-order valence-corrected chi connectivity index (χ3v) is 5.50. The van der Waals surface area contributed by atoms with Crippen LogP contribution in [0.15, 0.2) is 12.1 Å². The lowest BCUT2D eigenvalue weighted by Crippen LogP contribution is -2.45. The molecule has 0 bridgehead atoms. The van der Waals surface area contributed by atoms with Gasteiger partial charge in [-0.1, -0.05) is 20.8 Å². The van der Waals surface area contributed by atoms with Gasteiger partial charge in [-0.15, -0.1) is 0 Å². The van der Waals surface area contributed by atoms with Crippen molar-refractivity contribution in [3.05, 3.63) is 27.8 Å². The van der Waals surface area contributed by atoms with Gasteiger partial charge in [-0.3, -0.25) is 10.1 Å². The summed E-state index contributed by atoms with van der Waals surface area (Å²) in [5.74, 6) is 0.295. The smallest absolute Gasteiger partial charge is 0.311 e. The highest BCUT2D eigenvalue weighted by Crippen LogP contribution is 2.45. The molecule has 1 atom stereocenters. The SMILES string of the molecule is COc1cc(N2CCN(C)CC2)c(C(O[Si](C)C)C(C)(C)C)cc1[N+](=O)[O-]. The van der Waals surface area contributed by atoms with E-state index in [0.717, 1.165) is 37.4 Å². The summed E-state index contributed by atoms with van der Waals surface area (Å²) in [6.07, 6.45) is -0.222. The first-order valence-corrected chi connectivity index (χ1v) is 11.7. The predicted octanol–water partition coefficient (Wildman–Crippen LogP) is 3.71. The van der Waals surface area contributed by atoms with E-state index in [4.69, 9.17) is 9.16 Å². The number of likely N-dealkylation sites (N-methyl/N-ethyl adjacent to an activating group) is 1. The molecule has 0 aromatic heterocycles. The van der Waals surface area contributed by atoms with Crippen LogP contribution in [0.5, 0.6) is 5.75 Å². The van der Waals surface area contributed by atoms with Crippen LogP contribution in [-0.2, 0) is 4.43 Å². The Morgan fingerprint density at radius 3 is 2.22 bits per heavy atom. The van der Waals surface area contributed by atoms with E-state index < -0.39 is 9.04 Å². The Morgan fingerprint density at radius 1 is 1.19 bits per heavy atom. The molecule has 1 aliphatic heterocycles. The van der Waals surface area contributed by atoms with Crippen molar-refractivity contribution in [1.29, 1.82) is 0 Å². The molecule has 0 spiro atoms. The van der Waals surface area contributed by atoms with Crippen molar-refractivity contribution in [2.24, 2.45) is 5.41 Å². The molecule has 2 rings (SSSR count). The van der Waals surface area contributed by atoms with Crippen LogP contribution < -0.4 is 9.64 Å². The highest BCUT2D eigenvalue weighted by molar-refractivity contribution is 6.48. The van der Waals surface area contributed by atoms with Gasteiger partial charge in [0.1, 0.15) is 0 Å². The molecule has 0 N–H and O–H groups in total. The highest BCUT2D eigenvalue weighted by Gasteiger charge is 2.34. The van der Waals surface area contributed by atoms with E-state index in [1.165, 1.54) is 7.11 Å². The van der Waals surface area contributed by atoms with Crippen LogP contribution in [0.4, 0.5) is 11.4 Å². The first-order chi connectivity index (χ1) is 12.5. The van der Waals surface area contributed by atoms with Crippen LogP contribution in [0.2, 0.25) is 13.1 Å². The first-order valence-electron chi connectivity index (χ1n) is 9.31. The number of nitro benzene ring substituents is 1. The van der Waals surface area contributed by atoms with Crippen LogP contribution in [0.25, 0.3) is 0 Å². The van der Waals surface area contributed by atoms with Crippen molar-refractivity contribution < 1.29 is 14.1 Å². The third kappa shape index (κ3) is 5.21. The van der Waals surface area contributed by atoms with Gasteiger partial charge in [0.2, 0.25) is 9.04 Å². The lowest BCUT2D eigenvalue weighted by molar-refractivity contribution is -0.385. The van der Waals surface area contributed by atoms with Gasteiger partial charge in [0.25, 0.3) is 0 Å². The van der Waals surface area contributed by atoms with E-state index >= 15 is 0 Å². The van der Waals surface area contributed by atoms with E-state index in [2.05, 4.69) is 50.7 Å². The number of ether oxygens (including phenoxy) is 1. The number of piperazine rings is 1. The number of hydrogen-bond donors (Lipinski definition) is 0. The largest absolute Gasteiger partial charge is 0.490 e. The fourth-order valence-corrected chi connectivity index (χ4v) is 4.31. The van der Waals surface area contributed by atoms with Crippen molar-refractivity contribution >= 4 is 20.4 Å². The van der Waals surface area contributed by atoms with Gasteiger partial charge < -0.3 is 19.0 Å². The molecular weight excluding hydrogens is 362 g/mol. The van der Waals surface area contributed by atoms with Crippen molar-refractivity contribution in [1.82, 2.24) is 4.90 Å². The molecule has 1 heterocycles. The summed E-state index contributed by atoms with van der Waals surface area (Å²) in [6, 6.07) is 3.48. The Hall–Kier alpha value is -1.64. The van der Waals surface area contributed by atoms with Crippen molar-refractivity contribution in [3.63, 3.8) is 0 Å². The molecule has 1 fully saturated rings. The number of nitro groups is 1. The van der Waals surface area contributed by atoms with Crippen LogP contribution >= 0.6 is 0 Å². The summed E-state index contributed by atoms with van der Waals surface area (Å²) in [7, 11) is 2.59. The Balaban J connectivity index is 2.63. The zero-order chi connectivity index (χ0) is 20.4. The molecular formula is C19H32N3O4Si. The topological polar surface area (TPSA) is 68.1 Å². The summed E-state index contributed by atoms with van der Waals surface area (Å²) < 4.78 is 11.7. The summed E-state index contributed by atoms with van der Waals surface area (Å²) in [4.78, 5) is 15.8. The second-order valence-corrected chi connectivity index (χ2v) is 10.5. The molecule has 7 nitrogen and oxygen atoms in total. The summed E-state index contributed by atoms with van der Waals surface area (Å²) in [5.41, 5.74) is 1.66. The van der Waals surface area contributed by atoms with Crippen molar-refractivity contribution in [3.8, 4) is 5.75 Å². The fourth-order valence-electron chi connectivity index (χ4n) is 3.35. The Labute approximate surface area is 164 Å². The highest BCUT2D eigenvalue weighted by atomic mass is 28.3. The van der Waals surface area contributed by atoms with Gasteiger partial charge in [0.05, 0.1) is 18.1 Å². The average molecular weight is 395 g/mol. The second kappa shape index (κ2) is 8.58. The quantitative estimate of drug-likeness (QED) is 0.416. The lowest BCUT2D eigenvalue weighted by Gasteiger charge is -2.39. The fraction of sp³-hybridized carbons (Fsp3) is 0.684. The van der Waals surface area contributed by atoms with Crippen molar-refractivity contribution in [2.45, 2.75) is 40.0 Å². The van der Waals surface area contributed by atoms with Crippen LogP contribution in [-0.4, -0.2) is 59.2 Å². The summed E-state index contributed by atoms with van der Waals surface area (Å²) in [6.45, 7) is 14.2. The molecule has 1 saturated heterocycles. The summed E-state index contributed by atoms with van der Waals surface area (Å²) in [5, 5.41) is 11.6. The van der Waals surface area contributed by atoms with E-state index in [1.807, 2.05) is 6.07 Å². The van der Waals surface area contributed by atoms with Crippen LogP contribution in [0.3, 0.4) is 0 Å². The number of nitrogens with zero attached hydrogens (tertiary/aromatic N) is 3. The maximum absolute atomic E-state index is 11.6. The Kier molecular flexibility index (Phi) is 6.88. The molecule has 1 aliphatic rings. The number of benzene rings is 1. The maximum Gasteiger partial charge on any atom is 0.311 e. The normalized spacial score (nSPS) is 17.3. The zero-order valence-electron chi connectivity index (χ0n) is 17.5. The molecule has 27 heavy (non-hydrogen) atoms. The van der Waals surface area contributed by atoms with E-state index in [0.29, 0.717) is 5.75 Å². The van der Waals surface area contributed by atoms with E-state index in [9.17, 15) is 10.1 Å². The molecule has 8 heteroatoms. The molecule has 0 amide bonds. The average Bonchev–Trinajstić information content (AvgIpc) is 2.58. The molecule has 1 radical (unpaired) electrons. The molecule has 1 unspecified atom stereocenters.